The molecule has 2 atom stereocenters. The average Bonchev–Trinajstić information content (AvgIpc) is 2.85. The monoisotopic (exact) mass is 296 g/mol. The molecular weight excluding hydrogens is 276 g/mol. The second kappa shape index (κ2) is 6.32. The Kier molecular flexibility index (Phi) is 4.25. The first kappa shape index (κ1) is 14.8. The van der Waals surface area contributed by atoms with Crippen molar-refractivity contribution in [1.29, 1.82) is 0 Å². The van der Waals surface area contributed by atoms with Crippen molar-refractivity contribution >= 4 is 5.97 Å². The number of hydrogen-bond donors (Lipinski definition) is 1. The van der Waals surface area contributed by atoms with Crippen molar-refractivity contribution in [3.63, 3.8) is 0 Å². The fourth-order valence-electron chi connectivity index (χ4n) is 3.13. The molecule has 0 amide bonds. The van der Waals surface area contributed by atoms with Crippen LogP contribution in [0.25, 0.3) is 0 Å². The van der Waals surface area contributed by atoms with E-state index in [-0.39, 0.29) is 11.9 Å². The summed E-state index contributed by atoms with van der Waals surface area (Å²) in [5.74, 6) is -0.0896. The molecule has 114 valence electrons. The SMILES string of the molecule is CCOC(=O)c1ccc(CC2Cc3ccccc3C2O)cc1. The van der Waals surface area contributed by atoms with Gasteiger partial charge in [0.15, 0.2) is 0 Å². The zero-order valence-electron chi connectivity index (χ0n) is 12.7. The van der Waals surface area contributed by atoms with E-state index in [1.54, 1.807) is 19.1 Å². The van der Waals surface area contributed by atoms with Gasteiger partial charge in [-0.2, -0.15) is 0 Å². The summed E-state index contributed by atoms with van der Waals surface area (Å²) in [6, 6.07) is 15.6. The summed E-state index contributed by atoms with van der Waals surface area (Å²) in [7, 11) is 0. The molecule has 0 bridgehead atoms. The highest BCUT2D eigenvalue weighted by molar-refractivity contribution is 5.89. The van der Waals surface area contributed by atoms with Gasteiger partial charge >= 0.3 is 5.97 Å². The Morgan fingerprint density at radius 1 is 1.18 bits per heavy atom. The molecule has 22 heavy (non-hydrogen) atoms. The number of aliphatic hydroxyl groups is 1. The molecule has 0 aromatic heterocycles. The van der Waals surface area contributed by atoms with Crippen LogP contribution in [0.15, 0.2) is 48.5 Å². The number of fused-ring (bicyclic) bond motifs is 1. The van der Waals surface area contributed by atoms with Crippen molar-refractivity contribution in [2.45, 2.75) is 25.9 Å². The number of benzene rings is 2. The Bertz CT molecular complexity index is 661. The summed E-state index contributed by atoms with van der Waals surface area (Å²) in [6.07, 6.45) is 1.30. The molecule has 3 heteroatoms. The Labute approximate surface area is 130 Å². The summed E-state index contributed by atoms with van der Waals surface area (Å²) in [6.45, 7) is 2.18. The lowest BCUT2D eigenvalue weighted by molar-refractivity contribution is 0.0526. The molecule has 3 rings (SSSR count). The van der Waals surface area contributed by atoms with Gasteiger partial charge in [0.25, 0.3) is 0 Å². The first-order chi connectivity index (χ1) is 10.7. The van der Waals surface area contributed by atoms with Gasteiger partial charge < -0.3 is 9.84 Å². The molecule has 2 aromatic rings. The molecule has 1 aliphatic rings. The first-order valence-corrected chi connectivity index (χ1v) is 7.71. The number of esters is 1. The molecule has 0 saturated carbocycles. The zero-order valence-corrected chi connectivity index (χ0v) is 12.7. The molecule has 0 saturated heterocycles. The van der Waals surface area contributed by atoms with E-state index < -0.39 is 6.10 Å². The van der Waals surface area contributed by atoms with Crippen LogP contribution >= 0.6 is 0 Å². The predicted molar refractivity (Wildman–Crippen MR) is 84.7 cm³/mol. The maximum absolute atomic E-state index is 11.6. The number of carbonyl (C=O) groups excluding carboxylic acids is 1. The minimum Gasteiger partial charge on any atom is -0.462 e. The minimum atomic E-state index is -0.402. The van der Waals surface area contributed by atoms with Crippen molar-refractivity contribution < 1.29 is 14.6 Å². The maximum Gasteiger partial charge on any atom is 0.338 e. The van der Waals surface area contributed by atoms with Gasteiger partial charge in [0.05, 0.1) is 18.3 Å². The van der Waals surface area contributed by atoms with Gasteiger partial charge in [0, 0.05) is 0 Å². The third kappa shape index (κ3) is 2.90. The number of ether oxygens (including phenoxy) is 1. The first-order valence-electron chi connectivity index (χ1n) is 7.71. The van der Waals surface area contributed by atoms with Gasteiger partial charge in [0.2, 0.25) is 0 Å². The smallest absolute Gasteiger partial charge is 0.338 e. The van der Waals surface area contributed by atoms with Gasteiger partial charge in [-0.15, -0.1) is 0 Å². The fraction of sp³-hybridized carbons (Fsp3) is 0.316. The van der Waals surface area contributed by atoms with E-state index in [2.05, 4.69) is 6.07 Å². The second-order valence-electron chi connectivity index (χ2n) is 5.73. The lowest BCUT2D eigenvalue weighted by Gasteiger charge is -2.15. The van der Waals surface area contributed by atoms with Crippen LogP contribution in [0.2, 0.25) is 0 Å². The van der Waals surface area contributed by atoms with Gasteiger partial charge in [-0.3, -0.25) is 0 Å². The molecule has 2 aromatic carbocycles. The summed E-state index contributed by atoms with van der Waals surface area (Å²) in [4.78, 5) is 11.6. The molecule has 0 heterocycles. The van der Waals surface area contributed by atoms with Crippen LogP contribution in [-0.4, -0.2) is 17.7 Å². The quantitative estimate of drug-likeness (QED) is 0.880. The molecule has 0 aliphatic heterocycles. The van der Waals surface area contributed by atoms with Crippen molar-refractivity contribution in [3.8, 4) is 0 Å². The fourth-order valence-corrected chi connectivity index (χ4v) is 3.13. The zero-order chi connectivity index (χ0) is 15.5. The Hall–Kier alpha value is -2.13. The van der Waals surface area contributed by atoms with E-state index in [0.29, 0.717) is 12.2 Å². The van der Waals surface area contributed by atoms with Crippen LogP contribution in [-0.2, 0) is 17.6 Å². The summed E-state index contributed by atoms with van der Waals surface area (Å²) >= 11 is 0. The number of hydrogen-bond acceptors (Lipinski definition) is 3. The molecule has 0 spiro atoms. The van der Waals surface area contributed by atoms with E-state index in [9.17, 15) is 9.90 Å². The highest BCUT2D eigenvalue weighted by Gasteiger charge is 2.30. The molecule has 1 N–H and O–H groups in total. The molecule has 2 unspecified atom stereocenters. The topological polar surface area (TPSA) is 46.5 Å². The maximum atomic E-state index is 11.6. The molecule has 1 aliphatic carbocycles. The van der Waals surface area contributed by atoms with Crippen LogP contribution in [0.4, 0.5) is 0 Å². The number of aliphatic hydroxyl groups excluding tert-OH is 1. The lowest BCUT2D eigenvalue weighted by atomic mass is 9.94. The highest BCUT2D eigenvalue weighted by atomic mass is 16.5. The Morgan fingerprint density at radius 2 is 1.91 bits per heavy atom. The third-order valence-electron chi connectivity index (χ3n) is 4.27. The molecule has 3 nitrogen and oxygen atoms in total. The standard InChI is InChI=1S/C19H20O3/c1-2-22-19(21)14-9-7-13(8-10-14)11-16-12-15-5-3-4-6-17(15)18(16)20/h3-10,16,18,20H,2,11-12H2,1H3. The largest absolute Gasteiger partial charge is 0.462 e. The van der Waals surface area contributed by atoms with Crippen molar-refractivity contribution in [1.82, 2.24) is 0 Å². The predicted octanol–water partition coefficient (Wildman–Crippen LogP) is 3.31. The van der Waals surface area contributed by atoms with Gasteiger partial charge in [-0.05, 0) is 54.5 Å². The van der Waals surface area contributed by atoms with E-state index in [1.165, 1.54) is 5.56 Å². The Balaban J connectivity index is 1.69. The van der Waals surface area contributed by atoms with E-state index in [4.69, 9.17) is 4.74 Å². The second-order valence-corrected chi connectivity index (χ2v) is 5.73. The van der Waals surface area contributed by atoms with Gasteiger partial charge in [-0.1, -0.05) is 36.4 Å². The van der Waals surface area contributed by atoms with Crippen LogP contribution in [0, 0.1) is 5.92 Å². The third-order valence-corrected chi connectivity index (χ3v) is 4.27. The summed E-state index contributed by atoms with van der Waals surface area (Å²) in [5.41, 5.74) is 3.99. The molecule has 0 radical (unpaired) electrons. The van der Waals surface area contributed by atoms with Crippen LogP contribution in [0.5, 0.6) is 0 Å². The Morgan fingerprint density at radius 3 is 2.59 bits per heavy atom. The summed E-state index contributed by atoms with van der Waals surface area (Å²) in [5, 5.41) is 10.4. The van der Waals surface area contributed by atoms with Gasteiger partial charge in [0.1, 0.15) is 0 Å². The normalized spacial score (nSPS) is 19.7. The van der Waals surface area contributed by atoms with E-state index in [0.717, 1.165) is 24.0 Å². The van der Waals surface area contributed by atoms with Crippen molar-refractivity contribution in [2.75, 3.05) is 6.61 Å². The van der Waals surface area contributed by atoms with Crippen molar-refractivity contribution in [3.05, 3.63) is 70.8 Å². The average molecular weight is 296 g/mol. The number of rotatable bonds is 4. The van der Waals surface area contributed by atoms with Crippen LogP contribution < -0.4 is 0 Å². The van der Waals surface area contributed by atoms with Crippen molar-refractivity contribution in [2.24, 2.45) is 5.92 Å². The minimum absolute atomic E-state index is 0.200. The number of carbonyl (C=O) groups is 1. The van der Waals surface area contributed by atoms with E-state index >= 15 is 0 Å². The van der Waals surface area contributed by atoms with Crippen LogP contribution in [0.1, 0.15) is 40.1 Å². The molecule has 0 fully saturated rings. The van der Waals surface area contributed by atoms with Gasteiger partial charge in [-0.25, -0.2) is 4.79 Å². The summed E-state index contributed by atoms with van der Waals surface area (Å²) < 4.78 is 4.98. The van der Waals surface area contributed by atoms with E-state index in [1.807, 2.05) is 30.3 Å². The lowest BCUT2D eigenvalue weighted by Crippen LogP contribution is -2.11. The highest BCUT2D eigenvalue weighted by Crippen LogP contribution is 2.37. The molecular formula is C19H20O3. The van der Waals surface area contributed by atoms with Crippen LogP contribution in [0.3, 0.4) is 0 Å².